The van der Waals surface area contributed by atoms with E-state index in [0.29, 0.717) is 24.0 Å². The Hall–Kier alpha value is -0.113. The second kappa shape index (κ2) is 6.56. The van der Waals surface area contributed by atoms with Gasteiger partial charge in [0.15, 0.2) is 5.78 Å². The minimum atomic E-state index is -1.56. The van der Waals surface area contributed by atoms with Crippen molar-refractivity contribution < 1.29 is 4.79 Å². The first-order chi connectivity index (χ1) is 9.78. The lowest BCUT2D eigenvalue weighted by atomic mass is 9.79. The van der Waals surface area contributed by atoms with Gasteiger partial charge in [-0.05, 0) is 41.9 Å². The van der Waals surface area contributed by atoms with Crippen molar-refractivity contribution in [1.82, 2.24) is 0 Å². The van der Waals surface area contributed by atoms with Gasteiger partial charge >= 0.3 is 0 Å². The summed E-state index contributed by atoms with van der Waals surface area (Å²) in [5, 5.41) is 1.12. The monoisotopic (exact) mass is 338 g/mol. The number of allylic oxidation sites excluding steroid dienone is 2. The summed E-state index contributed by atoms with van der Waals surface area (Å²) in [4.78, 5) is 12.7. The Kier molecular flexibility index (Phi) is 5.39. The van der Waals surface area contributed by atoms with Gasteiger partial charge in [0, 0.05) is 12.8 Å². The van der Waals surface area contributed by atoms with E-state index >= 15 is 0 Å². The summed E-state index contributed by atoms with van der Waals surface area (Å²) < 4.78 is 0.150. The number of terminal acetylenes is 1. The molecule has 1 saturated heterocycles. The summed E-state index contributed by atoms with van der Waals surface area (Å²) in [6.45, 7) is 9.11. The van der Waals surface area contributed by atoms with Gasteiger partial charge in [-0.25, -0.2) is 0 Å². The SMILES string of the molecule is C#CC[C@@H]1C=C([Si](C)(C)C)C(=O)C[C@H]1C1(C)SCCCS1. The van der Waals surface area contributed by atoms with Crippen LogP contribution in [0.2, 0.25) is 19.6 Å². The lowest BCUT2D eigenvalue weighted by Crippen LogP contribution is -2.43. The molecule has 1 aliphatic carbocycles. The molecule has 0 unspecified atom stereocenters. The third-order valence-corrected chi connectivity index (χ3v) is 10.0. The molecule has 21 heavy (non-hydrogen) atoms. The van der Waals surface area contributed by atoms with Crippen LogP contribution in [0.1, 0.15) is 26.2 Å². The summed E-state index contributed by atoms with van der Waals surface area (Å²) in [5.41, 5.74) is 0. The maximum absolute atomic E-state index is 12.7. The first kappa shape index (κ1) is 17.2. The molecule has 0 aromatic heterocycles. The molecule has 4 heteroatoms. The van der Waals surface area contributed by atoms with Crippen molar-refractivity contribution in [3.8, 4) is 12.3 Å². The largest absolute Gasteiger partial charge is 0.295 e. The van der Waals surface area contributed by atoms with Crippen LogP contribution in [-0.4, -0.2) is 29.4 Å². The van der Waals surface area contributed by atoms with Crippen molar-refractivity contribution >= 4 is 37.4 Å². The molecule has 1 heterocycles. The normalized spacial score (nSPS) is 29.7. The van der Waals surface area contributed by atoms with E-state index in [4.69, 9.17) is 6.42 Å². The van der Waals surface area contributed by atoms with Crippen molar-refractivity contribution in [1.29, 1.82) is 0 Å². The summed E-state index contributed by atoms with van der Waals surface area (Å²) >= 11 is 4.07. The zero-order valence-corrected chi connectivity index (χ0v) is 16.2. The van der Waals surface area contributed by atoms with Crippen molar-refractivity contribution in [3.63, 3.8) is 0 Å². The number of hydrogen-bond donors (Lipinski definition) is 0. The molecule has 116 valence electrons. The van der Waals surface area contributed by atoms with Crippen molar-refractivity contribution in [2.24, 2.45) is 11.8 Å². The third-order valence-electron chi connectivity index (χ3n) is 4.50. The number of thioether (sulfide) groups is 2. The molecule has 0 amide bonds. The van der Waals surface area contributed by atoms with Crippen molar-refractivity contribution in [2.45, 2.75) is 49.9 Å². The number of Topliss-reactive ketones (excluding diaryl/α,β-unsaturated/α-hetero) is 1. The topological polar surface area (TPSA) is 17.1 Å². The second-order valence-electron chi connectivity index (χ2n) is 7.20. The number of hydrogen-bond acceptors (Lipinski definition) is 3. The van der Waals surface area contributed by atoms with Crippen LogP contribution in [-0.2, 0) is 4.79 Å². The van der Waals surface area contributed by atoms with Crippen LogP contribution in [0.15, 0.2) is 11.3 Å². The smallest absolute Gasteiger partial charge is 0.155 e. The molecule has 1 aliphatic heterocycles. The Morgan fingerprint density at radius 2 is 2.00 bits per heavy atom. The Morgan fingerprint density at radius 3 is 2.52 bits per heavy atom. The molecule has 0 aromatic carbocycles. The molecule has 0 spiro atoms. The van der Waals surface area contributed by atoms with E-state index in [9.17, 15) is 4.79 Å². The van der Waals surface area contributed by atoms with Crippen molar-refractivity contribution in [2.75, 3.05) is 11.5 Å². The molecule has 2 atom stereocenters. The number of carbonyl (C=O) groups excluding carboxylic acids is 1. The summed E-state index contributed by atoms with van der Waals surface area (Å²) in [5.74, 6) is 6.42. The number of ketones is 1. The maximum Gasteiger partial charge on any atom is 0.155 e. The van der Waals surface area contributed by atoms with E-state index in [2.05, 4.69) is 38.6 Å². The van der Waals surface area contributed by atoms with E-state index in [1.807, 2.05) is 23.5 Å². The minimum Gasteiger partial charge on any atom is -0.295 e. The first-order valence-electron chi connectivity index (χ1n) is 7.75. The predicted octanol–water partition coefficient (Wildman–Crippen LogP) is 4.61. The highest BCUT2D eigenvalue weighted by molar-refractivity contribution is 8.18. The highest BCUT2D eigenvalue weighted by Crippen LogP contribution is 2.53. The molecule has 2 aliphatic rings. The Balaban J connectivity index is 2.33. The molecule has 2 rings (SSSR count). The van der Waals surface area contributed by atoms with Crippen LogP contribution < -0.4 is 0 Å². The fourth-order valence-electron chi connectivity index (χ4n) is 3.33. The molecule has 1 fully saturated rings. The second-order valence-corrected chi connectivity index (χ2v) is 15.6. The Labute approximate surface area is 139 Å². The molecule has 0 bridgehead atoms. The number of rotatable bonds is 3. The van der Waals surface area contributed by atoms with Gasteiger partial charge in [-0.2, -0.15) is 0 Å². The Morgan fingerprint density at radius 1 is 1.38 bits per heavy atom. The summed E-state index contributed by atoms with van der Waals surface area (Å²) in [6, 6.07) is 0. The fourth-order valence-corrected chi connectivity index (χ4v) is 8.33. The van der Waals surface area contributed by atoms with Gasteiger partial charge in [0.1, 0.15) is 0 Å². The van der Waals surface area contributed by atoms with Crippen molar-refractivity contribution in [3.05, 3.63) is 11.3 Å². The molecular weight excluding hydrogens is 312 g/mol. The zero-order chi connectivity index (χ0) is 15.7. The summed E-state index contributed by atoms with van der Waals surface area (Å²) in [7, 11) is -1.56. The predicted molar refractivity (Wildman–Crippen MR) is 99.4 cm³/mol. The Bertz CT molecular complexity index is 478. The standard InChI is InChI=1S/C17H26OS2Si/c1-6-8-13-11-16(21(3,4)5)15(18)12-14(13)17(2)19-9-7-10-20-17/h1,11,13-14H,7-10,12H2,2-5H3/t13-,14-/m1/s1. The van der Waals surface area contributed by atoms with E-state index < -0.39 is 8.07 Å². The molecular formula is C17H26OS2Si. The van der Waals surface area contributed by atoms with Gasteiger partial charge in [-0.1, -0.05) is 25.7 Å². The van der Waals surface area contributed by atoms with Crippen LogP contribution in [0.4, 0.5) is 0 Å². The molecule has 0 saturated carbocycles. The molecule has 0 N–H and O–H groups in total. The fraction of sp³-hybridized carbons (Fsp3) is 0.706. The molecule has 0 radical (unpaired) electrons. The van der Waals surface area contributed by atoms with Crippen LogP contribution in [0, 0.1) is 24.2 Å². The quantitative estimate of drug-likeness (QED) is 0.553. The van der Waals surface area contributed by atoms with Gasteiger partial charge in [-0.15, -0.1) is 35.9 Å². The lowest BCUT2D eigenvalue weighted by molar-refractivity contribution is -0.116. The van der Waals surface area contributed by atoms with E-state index in [-0.39, 0.29) is 4.08 Å². The van der Waals surface area contributed by atoms with E-state index in [1.165, 1.54) is 17.9 Å². The third kappa shape index (κ3) is 3.81. The van der Waals surface area contributed by atoms with Gasteiger partial charge in [-0.3, -0.25) is 4.79 Å². The molecule has 1 nitrogen and oxygen atoms in total. The molecule has 0 aromatic rings. The van der Waals surface area contributed by atoms with Crippen LogP contribution in [0.5, 0.6) is 0 Å². The van der Waals surface area contributed by atoms with Gasteiger partial charge in [0.2, 0.25) is 0 Å². The average molecular weight is 339 g/mol. The van der Waals surface area contributed by atoms with Crippen LogP contribution >= 0.6 is 23.5 Å². The van der Waals surface area contributed by atoms with Gasteiger partial charge in [0.05, 0.1) is 12.2 Å². The minimum absolute atomic E-state index is 0.150. The first-order valence-corrected chi connectivity index (χ1v) is 13.2. The zero-order valence-electron chi connectivity index (χ0n) is 13.6. The van der Waals surface area contributed by atoms with Gasteiger partial charge < -0.3 is 0 Å². The van der Waals surface area contributed by atoms with Crippen LogP contribution in [0.3, 0.4) is 0 Å². The van der Waals surface area contributed by atoms with Gasteiger partial charge in [0.25, 0.3) is 0 Å². The average Bonchev–Trinajstić information content (AvgIpc) is 2.40. The summed E-state index contributed by atoms with van der Waals surface area (Å²) in [6.07, 6.45) is 10.6. The lowest BCUT2D eigenvalue weighted by Gasteiger charge is -2.45. The highest BCUT2D eigenvalue weighted by Gasteiger charge is 2.45. The highest BCUT2D eigenvalue weighted by atomic mass is 32.2. The maximum atomic E-state index is 12.7. The number of carbonyl (C=O) groups is 1. The van der Waals surface area contributed by atoms with Crippen LogP contribution in [0.25, 0.3) is 0 Å². The van der Waals surface area contributed by atoms with E-state index in [0.717, 1.165) is 11.6 Å². The van der Waals surface area contributed by atoms with E-state index in [1.54, 1.807) is 0 Å².